The van der Waals surface area contributed by atoms with E-state index in [9.17, 15) is 14.4 Å². The van der Waals surface area contributed by atoms with E-state index < -0.39 is 11.1 Å². The number of amides is 3. The van der Waals surface area contributed by atoms with E-state index in [0.29, 0.717) is 43.9 Å². The summed E-state index contributed by atoms with van der Waals surface area (Å²) in [6, 6.07) is 19.2. The Morgan fingerprint density at radius 2 is 1.70 bits per heavy atom. The minimum atomic E-state index is -0.787. The molecule has 2 saturated heterocycles. The molecule has 2 fully saturated rings. The first-order valence-corrected chi connectivity index (χ1v) is 12.4. The lowest BCUT2D eigenvalue weighted by Crippen LogP contribution is -2.58. The lowest BCUT2D eigenvalue weighted by Gasteiger charge is -2.48. The number of anilines is 1. The van der Waals surface area contributed by atoms with Crippen LogP contribution in [0.25, 0.3) is 0 Å². The molecule has 0 bridgehead atoms. The number of carbonyl (C=O) groups excluding carboxylic acids is 3. The van der Waals surface area contributed by atoms with Crippen LogP contribution in [0.1, 0.15) is 48.3 Å². The second-order valence-electron chi connectivity index (χ2n) is 9.90. The molecule has 0 aliphatic carbocycles. The van der Waals surface area contributed by atoms with Gasteiger partial charge in [0, 0.05) is 51.8 Å². The lowest BCUT2D eigenvalue weighted by molar-refractivity contribution is -0.114. The molecule has 9 nitrogen and oxygen atoms in total. The second-order valence-corrected chi connectivity index (χ2v) is 9.90. The van der Waals surface area contributed by atoms with Gasteiger partial charge in [-0.05, 0) is 36.2 Å². The van der Waals surface area contributed by atoms with Gasteiger partial charge in [-0.1, -0.05) is 42.5 Å². The third-order valence-corrected chi connectivity index (χ3v) is 7.78. The summed E-state index contributed by atoms with van der Waals surface area (Å²) in [6.07, 6.45) is 2.28. The van der Waals surface area contributed by atoms with Gasteiger partial charge in [-0.2, -0.15) is 5.10 Å². The van der Waals surface area contributed by atoms with Crippen LogP contribution in [0.3, 0.4) is 0 Å². The van der Waals surface area contributed by atoms with Crippen molar-refractivity contribution < 1.29 is 19.1 Å². The molecule has 5 rings (SSSR count). The Morgan fingerprint density at radius 3 is 2.30 bits per heavy atom. The first-order valence-electron chi connectivity index (χ1n) is 12.4. The number of nitrogens with one attached hydrogen (secondary N) is 1. The molecule has 3 heterocycles. The number of hydrogen-bond donors (Lipinski definition) is 1. The zero-order valence-corrected chi connectivity index (χ0v) is 21.3. The van der Waals surface area contributed by atoms with Gasteiger partial charge < -0.3 is 15.0 Å². The number of aromatic nitrogens is 2. The molecule has 9 heteroatoms. The summed E-state index contributed by atoms with van der Waals surface area (Å²) in [5.41, 5.74) is 1.62. The molecule has 2 aliphatic rings. The van der Waals surface area contributed by atoms with Gasteiger partial charge in [-0.3, -0.25) is 19.2 Å². The van der Waals surface area contributed by atoms with Crippen LogP contribution in [-0.4, -0.2) is 56.2 Å². The van der Waals surface area contributed by atoms with Crippen molar-refractivity contribution in [3.63, 3.8) is 0 Å². The highest BCUT2D eigenvalue weighted by molar-refractivity contribution is 5.92. The summed E-state index contributed by atoms with van der Waals surface area (Å²) in [5.74, 6) is -0.209. The average molecular weight is 502 g/mol. The average Bonchev–Trinajstić information content (AvgIpc) is 3.41. The van der Waals surface area contributed by atoms with Crippen LogP contribution in [0.15, 0.2) is 66.9 Å². The molecule has 0 radical (unpaired) electrons. The zero-order valence-electron chi connectivity index (χ0n) is 21.3. The number of benzene rings is 2. The van der Waals surface area contributed by atoms with Gasteiger partial charge in [0.15, 0.2) is 0 Å². The van der Waals surface area contributed by atoms with Gasteiger partial charge in [0.05, 0.1) is 6.54 Å². The van der Waals surface area contributed by atoms with Crippen LogP contribution in [-0.2, 0) is 28.7 Å². The SMILES string of the molecule is CC(=O)Nc1ccc(CN2C(=O)OC3(CCN(C(=O)c4ccnn4C)CC3)C2(C)c2ccccc2)cc1. The van der Waals surface area contributed by atoms with Crippen molar-refractivity contribution in [3.05, 3.63) is 83.7 Å². The van der Waals surface area contributed by atoms with Crippen molar-refractivity contribution in [3.8, 4) is 0 Å². The fourth-order valence-electron chi connectivity index (χ4n) is 5.64. The molecule has 2 aromatic carbocycles. The number of piperidine rings is 1. The van der Waals surface area contributed by atoms with Crippen molar-refractivity contribution >= 4 is 23.6 Å². The summed E-state index contributed by atoms with van der Waals surface area (Å²) in [4.78, 5) is 41.5. The Hall–Kier alpha value is -4.14. The largest absolute Gasteiger partial charge is 0.440 e. The fraction of sp³-hybridized carbons (Fsp3) is 0.357. The predicted octanol–water partition coefficient (Wildman–Crippen LogP) is 3.92. The Morgan fingerprint density at radius 1 is 1.03 bits per heavy atom. The summed E-state index contributed by atoms with van der Waals surface area (Å²) in [5, 5.41) is 6.89. The molecule has 1 atom stereocenters. The van der Waals surface area contributed by atoms with Gasteiger partial charge in [0.1, 0.15) is 16.8 Å². The summed E-state index contributed by atoms with van der Waals surface area (Å²) >= 11 is 0. The number of ether oxygens (including phenoxy) is 1. The molecule has 1 N–H and O–H groups in total. The highest BCUT2D eigenvalue weighted by Gasteiger charge is 2.63. The summed E-state index contributed by atoms with van der Waals surface area (Å²) in [6.45, 7) is 4.83. The maximum Gasteiger partial charge on any atom is 0.411 e. The first-order chi connectivity index (χ1) is 17.7. The fourth-order valence-corrected chi connectivity index (χ4v) is 5.64. The molecule has 2 aliphatic heterocycles. The van der Waals surface area contributed by atoms with E-state index in [4.69, 9.17) is 4.74 Å². The van der Waals surface area contributed by atoms with Crippen LogP contribution >= 0.6 is 0 Å². The molecule has 37 heavy (non-hydrogen) atoms. The smallest absolute Gasteiger partial charge is 0.411 e. The van der Waals surface area contributed by atoms with E-state index in [-0.39, 0.29) is 17.9 Å². The minimum Gasteiger partial charge on any atom is -0.440 e. The number of aryl methyl sites for hydroxylation is 1. The highest BCUT2D eigenvalue weighted by Crippen LogP contribution is 2.52. The molecule has 1 unspecified atom stereocenters. The Kier molecular flexibility index (Phi) is 6.23. The van der Waals surface area contributed by atoms with Crippen LogP contribution < -0.4 is 5.32 Å². The number of hydrogen-bond acceptors (Lipinski definition) is 5. The topological polar surface area (TPSA) is 96.8 Å². The molecule has 1 spiro atoms. The third kappa shape index (κ3) is 4.24. The molecular formula is C28H31N5O4. The lowest BCUT2D eigenvalue weighted by atomic mass is 9.70. The van der Waals surface area contributed by atoms with Gasteiger partial charge in [-0.15, -0.1) is 0 Å². The van der Waals surface area contributed by atoms with E-state index in [1.165, 1.54) is 6.92 Å². The van der Waals surface area contributed by atoms with Gasteiger partial charge in [0.25, 0.3) is 5.91 Å². The maximum atomic E-state index is 13.5. The molecule has 3 amide bonds. The van der Waals surface area contributed by atoms with Crippen molar-refractivity contribution in [2.24, 2.45) is 7.05 Å². The molecule has 1 aromatic heterocycles. The summed E-state index contributed by atoms with van der Waals surface area (Å²) in [7, 11) is 1.75. The van der Waals surface area contributed by atoms with E-state index in [2.05, 4.69) is 17.3 Å². The van der Waals surface area contributed by atoms with Gasteiger partial charge >= 0.3 is 6.09 Å². The summed E-state index contributed by atoms with van der Waals surface area (Å²) < 4.78 is 7.82. The van der Waals surface area contributed by atoms with Crippen molar-refractivity contribution in [1.82, 2.24) is 19.6 Å². The van der Waals surface area contributed by atoms with E-state index in [0.717, 1.165) is 11.1 Å². The third-order valence-electron chi connectivity index (χ3n) is 7.78. The van der Waals surface area contributed by atoms with Crippen molar-refractivity contribution in [1.29, 1.82) is 0 Å². The predicted molar refractivity (Wildman–Crippen MR) is 138 cm³/mol. The normalized spacial score (nSPS) is 20.7. The number of rotatable bonds is 5. The molecule has 0 saturated carbocycles. The van der Waals surface area contributed by atoms with E-state index in [1.54, 1.807) is 28.9 Å². The highest BCUT2D eigenvalue weighted by atomic mass is 16.6. The molecule has 3 aromatic rings. The number of nitrogens with zero attached hydrogens (tertiary/aromatic N) is 4. The standard InChI is InChI=1S/C28H31N5O4/c1-20(34)30-23-11-9-21(10-12-23)19-33-26(36)37-28(27(33,2)22-7-5-4-6-8-22)14-17-32(18-15-28)25(35)24-13-16-29-31(24)3/h4-13,16H,14-15,17-19H2,1-3H3,(H,30,34). The molecular weight excluding hydrogens is 470 g/mol. The van der Waals surface area contributed by atoms with E-state index in [1.807, 2.05) is 59.5 Å². The van der Waals surface area contributed by atoms with Crippen LogP contribution in [0.2, 0.25) is 0 Å². The van der Waals surface area contributed by atoms with Crippen LogP contribution in [0.5, 0.6) is 0 Å². The first kappa shape index (κ1) is 24.5. The van der Waals surface area contributed by atoms with Crippen LogP contribution in [0, 0.1) is 0 Å². The van der Waals surface area contributed by atoms with Crippen molar-refractivity contribution in [2.45, 2.75) is 44.4 Å². The van der Waals surface area contributed by atoms with Gasteiger partial charge in [-0.25, -0.2) is 4.79 Å². The van der Waals surface area contributed by atoms with Crippen LogP contribution in [0.4, 0.5) is 10.5 Å². The Bertz CT molecular complexity index is 1310. The minimum absolute atomic E-state index is 0.0725. The quantitative estimate of drug-likeness (QED) is 0.572. The van der Waals surface area contributed by atoms with Gasteiger partial charge in [0.2, 0.25) is 5.91 Å². The number of carbonyl (C=O) groups is 3. The Labute approximate surface area is 216 Å². The number of likely N-dealkylation sites (tertiary alicyclic amines) is 1. The second kappa shape index (κ2) is 9.38. The zero-order chi connectivity index (χ0) is 26.2. The van der Waals surface area contributed by atoms with Crippen molar-refractivity contribution in [2.75, 3.05) is 18.4 Å². The monoisotopic (exact) mass is 501 g/mol. The Balaban J connectivity index is 1.43. The van der Waals surface area contributed by atoms with E-state index >= 15 is 0 Å². The molecule has 192 valence electrons. The maximum absolute atomic E-state index is 13.5.